The van der Waals surface area contributed by atoms with Crippen LogP contribution in [0.15, 0.2) is 47.4 Å². The maximum atomic E-state index is 12.8. The summed E-state index contributed by atoms with van der Waals surface area (Å²) < 4.78 is 12.8. The van der Waals surface area contributed by atoms with Crippen molar-refractivity contribution in [2.45, 2.75) is 0 Å². The van der Waals surface area contributed by atoms with Gasteiger partial charge in [0.25, 0.3) is 5.56 Å². The van der Waals surface area contributed by atoms with Crippen LogP contribution in [-0.2, 0) is 0 Å². The van der Waals surface area contributed by atoms with Gasteiger partial charge in [-0.25, -0.2) is 14.4 Å². The van der Waals surface area contributed by atoms with Gasteiger partial charge in [-0.05, 0) is 36.4 Å². The van der Waals surface area contributed by atoms with Crippen LogP contribution in [0.5, 0.6) is 0 Å². The third kappa shape index (κ3) is 2.41. The third-order valence-electron chi connectivity index (χ3n) is 2.64. The maximum absolute atomic E-state index is 12.8. The molecule has 0 atom stereocenters. The van der Waals surface area contributed by atoms with E-state index in [0.29, 0.717) is 16.9 Å². The Kier molecular flexibility index (Phi) is 3.00. The van der Waals surface area contributed by atoms with Crippen LogP contribution >= 0.6 is 0 Å². The van der Waals surface area contributed by atoms with Crippen molar-refractivity contribution in [2.75, 3.05) is 10.9 Å². The zero-order valence-corrected chi connectivity index (χ0v) is 10.2. The number of nitrogens with one attached hydrogen (secondary N) is 3. The SMILES string of the molecule is O=c1[nH]c2ncccc2nc1NNc1ccc(F)cc1. The van der Waals surface area contributed by atoms with Crippen molar-refractivity contribution in [1.82, 2.24) is 15.0 Å². The number of anilines is 2. The van der Waals surface area contributed by atoms with Crippen LogP contribution in [0.4, 0.5) is 15.9 Å². The van der Waals surface area contributed by atoms with Gasteiger partial charge in [-0.1, -0.05) is 0 Å². The van der Waals surface area contributed by atoms with E-state index < -0.39 is 5.56 Å². The molecule has 0 bridgehead atoms. The third-order valence-corrected chi connectivity index (χ3v) is 2.64. The zero-order chi connectivity index (χ0) is 13.9. The average molecular weight is 271 g/mol. The molecule has 1 aromatic carbocycles. The van der Waals surface area contributed by atoms with Gasteiger partial charge >= 0.3 is 0 Å². The highest BCUT2D eigenvalue weighted by Gasteiger charge is 2.04. The highest BCUT2D eigenvalue weighted by atomic mass is 19.1. The molecule has 0 aliphatic rings. The minimum atomic E-state index is -0.397. The molecular formula is C13H10FN5O. The standard InChI is InChI=1S/C13H10FN5O/c14-8-3-5-9(6-4-8)18-19-12-13(20)17-11-10(16-12)2-1-7-15-11/h1-7,18H,(H,16,19)(H,15,17,20). The van der Waals surface area contributed by atoms with Gasteiger partial charge < -0.3 is 4.98 Å². The Morgan fingerprint density at radius 1 is 1.10 bits per heavy atom. The Labute approximate surface area is 112 Å². The molecule has 0 unspecified atom stereocenters. The first-order valence-electron chi connectivity index (χ1n) is 5.85. The number of aromatic nitrogens is 3. The number of hydrogen-bond donors (Lipinski definition) is 3. The molecule has 0 spiro atoms. The van der Waals surface area contributed by atoms with Crippen molar-refractivity contribution < 1.29 is 4.39 Å². The summed E-state index contributed by atoms with van der Waals surface area (Å²) in [7, 11) is 0. The number of pyridine rings is 1. The molecule has 0 fully saturated rings. The first-order valence-corrected chi connectivity index (χ1v) is 5.85. The number of hydrogen-bond acceptors (Lipinski definition) is 5. The van der Waals surface area contributed by atoms with Gasteiger partial charge in [0.2, 0.25) is 5.82 Å². The lowest BCUT2D eigenvalue weighted by Crippen LogP contribution is -2.20. The fourth-order valence-electron chi connectivity index (χ4n) is 1.67. The summed E-state index contributed by atoms with van der Waals surface area (Å²) in [5.41, 5.74) is 6.66. The second kappa shape index (κ2) is 4.96. The molecule has 0 saturated heterocycles. The predicted octanol–water partition coefficient (Wildman–Crippen LogP) is 1.90. The van der Waals surface area contributed by atoms with Gasteiger partial charge in [-0.2, -0.15) is 0 Å². The van der Waals surface area contributed by atoms with Crippen molar-refractivity contribution in [3.05, 3.63) is 58.8 Å². The van der Waals surface area contributed by atoms with Crippen molar-refractivity contribution >= 4 is 22.7 Å². The van der Waals surface area contributed by atoms with Crippen molar-refractivity contribution in [1.29, 1.82) is 0 Å². The van der Waals surface area contributed by atoms with E-state index in [9.17, 15) is 9.18 Å². The van der Waals surface area contributed by atoms with Crippen LogP contribution in [-0.4, -0.2) is 15.0 Å². The molecule has 20 heavy (non-hydrogen) atoms. The minimum absolute atomic E-state index is 0.106. The molecule has 7 heteroatoms. The van der Waals surface area contributed by atoms with Gasteiger partial charge in [-0.15, -0.1) is 0 Å². The summed E-state index contributed by atoms with van der Waals surface area (Å²) in [5.74, 6) is -0.224. The molecule has 3 N–H and O–H groups in total. The van der Waals surface area contributed by atoms with E-state index in [4.69, 9.17) is 0 Å². The number of halogens is 1. The summed E-state index contributed by atoms with van der Waals surface area (Å²) in [6, 6.07) is 9.17. The van der Waals surface area contributed by atoms with Crippen LogP contribution in [0.1, 0.15) is 0 Å². The Morgan fingerprint density at radius 2 is 1.90 bits per heavy atom. The number of H-pyrrole nitrogens is 1. The molecule has 0 amide bonds. The average Bonchev–Trinajstić information content (AvgIpc) is 2.47. The smallest absolute Gasteiger partial charge is 0.294 e. The first-order chi connectivity index (χ1) is 9.72. The van der Waals surface area contributed by atoms with Crippen LogP contribution in [0.25, 0.3) is 11.2 Å². The number of aromatic amines is 1. The van der Waals surface area contributed by atoms with E-state index in [1.54, 1.807) is 30.5 Å². The number of benzene rings is 1. The van der Waals surface area contributed by atoms with Crippen molar-refractivity contribution in [3.8, 4) is 0 Å². The Morgan fingerprint density at radius 3 is 2.70 bits per heavy atom. The summed E-state index contributed by atoms with van der Waals surface area (Å²) in [6.45, 7) is 0. The lowest BCUT2D eigenvalue weighted by Gasteiger charge is -2.08. The van der Waals surface area contributed by atoms with Gasteiger partial charge in [0.05, 0.1) is 5.69 Å². The highest BCUT2D eigenvalue weighted by molar-refractivity contribution is 5.70. The van der Waals surface area contributed by atoms with E-state index in [-0.39, 0.29) is 11.6 Å². The topological polar surface area (TPSA) is 82.7 Å². The predicted molar refractivity (Wildman–Crippen MR) is 73.8 cm³/mol. The van der Waals surface area contributed by atoms with E-state index in [1.165, 1.54) is 12.1 Å². The van der Waals surface area contributed by atoms with E-state index >= 15 is 0 Å². The van der Waals surface area contributed by atoms with Crippen LogP contribution in [0.3, 0.4) is 0 Å². The highest BCUT2D eigenvalue weighted by Crippen LogP contribution is 2.09. The molecule has 3 aromatic rings. The molecule has 3 rings (SSSR count). The van der Waals surface area contributed by atoms with Gasteiger partial charge in [-0.3, -0.25) is 15.6 Å². The van der Waals surface area contributed by atoms with Crippen LogP contribution < -0.4 is 16.4 Å². The maximum Gasteiger partial charge on any atom is 0.294 e. The van der Waals surface area contributed by atoms with Crippen LogP contribution in [0.2, 0.25) is 0 Å². The van der Waals surface area contributed by atoms with Crippen LogP contribution in [0, 0.1) is 5.82 Å². The molecule has 0 saturated carbocycles. The van der Waals surface area contributed by atoms with E-state index in [0.717, 1.165) is 0 Å². The summed E-state index contributed by atoms with van der Waals surface area (Å²) in [5, 5.41) is 0. The van der Waals surface area contributed by atoms with E-state index in [2.05, 4.69) is 25.8 Å². The van der Waals surface area contributed by atoms with Gasteiger partial charge in [0, 0.05) is 6.20 Å². The molecule has 0 aliphatic heterocycles. The fraction of sp³-hybridized carbons (Fsp3) is 0. The lowest BCUT2D eigenvalue weighted by atomic mass is 10.3. The lowest BCUT2D eigenvalue weighted by molar-refractivity contribution is 0.628. The monoisotopic (exact) mass is 271 g/mol. The van der Waals surface area contributed by atoms with Crippen molar-refractivity contribution in [3.63, 3.8) is 0 Å². The van der Waals surface area contributed by atoms with Gasteiger partial charge in [0.15, 0.2) is 5.65 Å². The molecular weight excluding hydrogens is 261 g/mol. The molecule has 2 aromatic heterocycles. The molecule has 100 valence electrons. The minimum Gasteiger partial charge on any atom is -0.302 e. The second-order valence-electron chi connectivity index (χ2n) is 4.04. The molecule has 0 radical (unpaired) electrons. The van der Waals surface area contributed by atoms with Gasteiger partial charge in [0.1, 0.15) is 11.3 Å². The first kappa shape index (κ1) is 12.1. The molecule has 6 nitrogen and oxygen atoms in total. The van der Waals surface area contributed by atoms with Crippen molar-refractivity contribution in [2.24, 2.45) is 0 Å². The van der Waals surface area contributed by atoms with E-state index in [1.807, 2.05) is 0 Å². The Hall–Kier alpha value is -2.96. The number of hydrazine groups is 1. The Balaban J connectivity index is 1.85. The summed E-state index contributed by atoms with van der Waals surface area (Å²) >= 11 is 0. The Bertz CT molecular complexity index is 800. The summed E-state index contributed by atoms with van der Waals surface area (Å²) in [6.07, 6.45) is 1.57. The number of fused-ring (bicyclic) bond motifs is 1. The number of rotatable bonds is 3. The molecule has 2 heterocycles. The largest absolute Gasteiger partial charge is 0.302 e. The quantitative estimate of drug-likeness (QED) is 0.634. The second-order valence-corrected chi connectivity index (χ2v) is 4.04. The molecule has 0 aliphatic carbocycles. The number of nitrogens with zero attached hydrogens (tertiary/aromatic N) is 2. The normalized spacial score (nSPS) is 10.4. The zero-order valence-electron chi connectivity index (χ0n) is 10.2. The fourth-order valence-corrected chi connectivity index (χ4v) is 1.67. The summed E-state index contributed by atoms with van der Waals surface area (Å²) in [4.78, 5) is 22.6.